The van der Waals surface area contributed by atoms with Crippen LogP contribution in [0.25, 0.3) is 11.3 Å². The molecule has 0 saturated carbocycles. The van der Waals surface area contributed by atoms with E-state index < -0.39 is 0 Å². The smallest absolute Gasteiger partial charge is 0.210 e. The Balaban J connectivity index is 1.34. The molecular weight excluding hydrogens is 412 g/mol. The van der Waals surface area contributed by atoms with E-state index in [1.807, 2.05) is 0 Å². The topological polar surface area (TPSA) is 7.12 Å². The number of hydrogen-bond acceptors (Lipinski definition) is 1. The van der Waals surface area contributed by atoms with Crippen LogP contribution in [0.1, 0.15) is 69.1 Å². The zero-order valence-corrected chi connectivity index (χ0v) is 20.9. The van der Waals surface area contributed by atoms with Crippen molar-refractivity contribution in [1.82, 2.24) is 0 Å². The standard InChI is InChI=1S/C32H39N2/c1-3-5-7-9-27-11-15-31(16-12-27)33-23-19-29(20-24-33)30-21-25-34(26-22-30)32-17-13-28(14-18-32)10-8-6-4-2/h11-25H,3-10,26H2,1-2H3/q+1. The Bertz CT molecular complexity index is 1070. The van der Waals surface area contributed by atoms with Gasteiger partial charge in [-0.1, -0.05) is 69.9 Å². The first kappa shape index (κ1) is 24.0. The lowest BCUT2D eigenvalue weighted by molar-refractivity contribution is -0.595. The molecular formula is C32H39N2+. The molecule has 2 nitrogen and oxygen atoms in total. The SMILES string of the molecule is CCCCCc1ccc(N2C=CC(c3cc[n+](-c4ccc(CCCCC)cc4)cc3)=CC2)cc1. The van der Waals surface area contributed by atoms with Crippen LogP contribution in [0.5, 0.6) is 0 Å². The lowest BCUT2D eigenvalue weighted by Gasteiger charge is -2.23. The van der Waals surface area contributed by atoms with Crippen LogP contribution >= 0.6 is 0 Å². The molecule has 0 aliphatic carbocycles. The van der Waals surface area contributed by atoms with E-state index in [4.69, 9.17) is 0 Å². The van der Waals surface area contributed by atoms with Crippen molar-refractivity contribution >= 4 is 11.3 Å². The zero-order chi connectivity index (χ0) is 23.6. The van der Waals surface area contributed by atoms with E-state index in [2.05, 4.69) is 115 Å². The van der Waals surface area contributed by atoms with E-state index in [1.165, 1.54) is 85.0 Å². The summed E-state index contributed by atoms with van der Waals surface area (Å²) in [5, 5.41) is 0. The fourth-order valence-electron chi connectivity index (χ4n) is 4.54. The molecule has 0 bridgehead atoms. The summed E-state index contributed by atoms with van der Waals surface area (Å²) in [6.45, 7) is 5.41. The summed E-state index contributed by atoms with van der Waals surface area (Å²) in [5.41, 5.74) is 7.89. The number of aryl methyl sites for hydroxylation is 2. The maximum atomic E-state index is 2.32. The van der Waals surface area contributed by atoms with Crippen LogP contribution in [0.15, 0.2) is 91.4 Å². The predicted molar refractivity (Wildman–Crippen MR) is 145 cm³/mol. The van der Waals surface area contributed by atoms with Gasteiger partial charge >= 0.3 is 0 Å². The molecule has 0 N–H and O–H groups in total. The number of unbranched alkanes of at least 4 members (excludes halogenated alkanes) is 4. The van der Waals surface area contributed by atoms with E-state index in [0.717, 1.165) is 6.54 Å². The average Bonchev–Trinajstić information content (AvgIpc) is 2.90. The maximum Gasteiger partial charge on any atom is 0.210 e. The van der Waals surface area contributed by atoms with Gasteiger partial charge in [-0.15, -0.1) is 0 Å². The molecule has 0 radical (unpaired) electrons. The average molecular weight is 452 g/mol. The van der Waals surface area contributed by atoms with Crippen molar-refractivity contribution < 1.29 is 4.57 Å². The first-order valence-electron chi connectivity index (χ1n) is 13.1. The van der Waals surface area contributed by atoms with E-state index in [0.29, 0.717) is 0 Å². The summed E-state index contributed by atoms with van der Waals surface area (Å²) < 4.78 is 2.20. The normalized spacial score (nSPS) is 13.2. The van der Waals surface area contributed by atoms with Crippen molar-refractivity contribution in [1.29, 1.82) is 0 Å². The van der Waals surface area contributed by atoms with Gasteiger partial charge in [-0.05, 0) is 66.2 Å². The third-order valence-electron chi connectivity index (χ3n) is 6.75. The minimum atomic E-state index is 0.898. The summed E-state index contributed by atoms with van der Waals surface area (Å²) in [5.74, 6) is 0. The zero-order valence-electron chi connectivity index (χ0n) is 20.9. The molecule has 176 valence electrons. The van der Waals surface area contributed by atoms with Crippen molar-refractivity contribution in [2.24, 2.45) is 0 Å². The van der Waals surface area contributed by atoms with Crippen LogP contribution < -0.4 is 9.47 Å². The lowest BCUT2D eigenvalue weighted by atomic mass is 10.0. The number of aromatic nitrogens is 1. The molecule has 0 saturated heterocycles. The van der Waals surface area contributed by atoms with Crippen LogP contribution in [0.4, 0.5) is 5.69 Å². The molecule has 0 fully saturated rings. The Morgan fingerprint density at radius 3 is 1.82 bits per heavy atom. The molecule has 3 aromatic rings. The van der Waals surface area contributed by atoms with E-state index >= 15 is 0 Å². The molecule has 0 spiro atoms. The Hall–Kier alpha value is -3.13. The number of benzene rings is 2. The van der Waals surface area contributed by atoms with Gasteiger partial charge in [-0.2, -0.15) is 4.57 Å². The Morgan fingerprint density at radius 2 is 1.29 bits per heavy atom. The molecule has 2 heterocycles. The second kappa shape index (κ2) is 12.4. The molecule has 0 unspecified atom stereocenters. The van der Waals surface area contributed by atoms with Crippen LogP contribution in [0.2, 0.25) is 0 Å². The number of allylic oxidation sites excluding steroid dienone is 2. The van der Waals surface area contributed by atoms with Crippen LogP contribution in [0, 0.1) is 0 Å². The van der Waals surface area contributed by atoms with Crippen molar-refractivity contribution in [3.63, 3.8) is 0 Å². The van der Waals surface area contributed by atoms with Crippen molar-refractivity contribution in [2.75, 3.05) is 11.4 Å². The largest absolute Gasteiger partial charge is 0.344 e. The second-order valence-electron chi connectivity index (χ2n) is 9.37. The third-order valence-corrected chi connectivity index (χ3v) is 6.75. The van der Waals surface area contributed by atoms with Gasteiger partial charge in [0, 0.05) is 42.7 Å². The summed E-state index contributed by atoms with van der Waals surface area (Å²) in [7, 11) is 0. The lowest BCUT2D eigenvalue weighted by Crippen LogP contribution is -2.29. The molecule has 2 aromatic carbocycles. The molecule has 34 heavy (non-hydrogen) atoms. The molecule has 1 aliphatic rings. The highest BCUT2D eigenvalue weighted by Gasteiger charge is 2.11. The first-order valence-corrected chi connectivity index (χ1v) is 13.1. The highest BCUT2D eigenvalue weighted by Crippen LogP contribution is 2.24. The van der Waals surface area contributed by atoms with E-state index in [9.17, 15) is 0 Å². The van der Waals surface area contributed by atoms with Gasteiger partial charge < -0.3 is 4.90 Å². The third kappa shape index (κ3) is 6.47. The van der Waals surface area contributed by atoms with Crippen molar-refractivity contribution in [2.45, 2.75) is 65.2 Å². The number of hydrogen-bond donors (Lipinski definition) is 0. The number of rotatable bonds is 11. The summed E-state index contributed by atoms with van der Waals surface area (Å²) in [6.07, 6.45) is 21.2. The van der Waals surface area contributed by atoms with Crippen molar-refractivity contribution in [3.05, 3.63) is 108 Å². The molecule has 1 aromatic heterocycles. The summed E-state index contributed by atoms with van der Waals surface area (Å²) in [4.78, 5) is 2.31. The maximum absolute atomic E-state index is 2.32. The number of pyridine rings is 1. The van der Waals surface area contributed by atoms with E-state index in [1.54, 1.807) is 0 Å². The molecule has 1 aliphatic heterocycles. The second-order valence-corrected chi connectivity index (χ2v) is 9.37. The van der Waals surface area contributed by atoms with Crippen molar-refractivity contribution in [3.8, 4) is 5.69 Å². The first-order chi connectivity index (χ1) is 16.8. The summed E-state index contributed by atoms with van der Waals surface area (Å²) >= 11 is 0. The van der Waals surface area contributed by atoms with Gasteiger partial charge in [0.05, 0.1) is 0 Å². The van der Waals surface area contributed by atoms with Gasteiger partial charge in [0.2, 0.25) is 5.69 Å². The quantitative estimate of drug-likeness (QED) is 0.213. The molecule has 4 rings (SSSR count). The van der Waals surface area contributed by atoms with E-state index in [-0.39, 0.29) is 0 Å². The van der Waals surface area contributed by atoms with Crippen LogP contribution in [0.3, 0.4) is 0 Å². The van der Waals surface area contributed by atoms with Gasteiger partial charge in [0.1, 0.15) is 0 Å². The fraction of sp³-hybridized carbons (Fsp3) is 0.344. The highest BCUT2D eigenvalue weighted by atomic mass is 15.1. The van der Waals surface area contributed by atoms with Gasteiger partial charge in [0.15, 0.2) is 12.4 Å². The van der Waals surface area contributed by atoms with Crippen LogP contribution in [-0.2, 0) is 12.8 Å². The van der Waals surface area contributed by atoms with Gasteiger partial charge in [-0.25, -0.2) is 0 Å². The number of anilines is 1. The van der Waals surface area contributed by atoms with Crippen LogP contribution in [-0.4, -0.2) is 6.54 Å². The fourth-order valence-corrected chi connectivity index (χ4v) is 4.54. The minimum absolute atomic E-state index is 0.898. The highest BCUT2D eigenvalue weighted by molar-refractivity contribution is 5.76. The minimum Gasteiger partial charge on any atom is -0.344 e. The Morgan fingerprint density at radius 1 is 0.706 bits per heavy atom. The molecule has 0 atom stereocenters. The monoisotopic (exact) mass is 451 g/mol. The molecule has 2 heteroatoms. The van der Waals surface area contributed by atoms with Gasteiger partial charge in [-0.3, -0.25) is 0 Å². The molecule has 0 amide bonds. The number of nitrogens with zero attached hydrogens (tertiary/aromatic N) is 2. The predicted octanol–water partition coefficient (Wildman–Crippen LogP) is 7.85. The summed E-state index contributed by atoms with van der Waals surface area (Å²) in [6, 6.07) is 22.5. The van der Waals surface area contributed by atoms with Gasteiger partial charge in [0.25, 0.3) is 0 Å². The Labute approximate surface area is 206 Å². The Kier molecular flexibility index (Phi) is 8.73.